The molecule has 1 aliphatic heterocycles. The Bertz CT molecular complexity index is 609. The number of ether oxygens (including phenoxy) is 1. The number of halogens is 1. The van der Waals surface area contributed by atoms with E-state index in [1.54, 1.807) is 12.1 Å². The highest BCUT2D eigenvalue weighted by molar-refractivity contribution is 5.54. The molecule has 112 valence electrons. The van der Waals surface area contributed by atoms with Gasteiger partial charge in [-0.1, -0.05) is 5.16 Å². The van der Waals surface area contributed by atoms with Crippen LogP contribution in [0.5, 0.6) is 5.75 Å². The number of nitrogens with one attached hydrogen (secondary N) is 1. The van der Waals surface area contributed by atoms with E-state index in [-0.39, 0.29) is 5.75 Å². The Morgan fingerprint density at radius 3 is 3.10 bits per heavy atom. The third kappa shape index (κ3) is 3.21. The smallest absolute Gasteiger partial charge is 0.258 e. The lowest BCUT2D eigenvalue weighted by atomic mass is 9.96. The molecule has 6 heteroatoms. The van der Waals surface area contributed by atoms with Gasteiger partial charge in [0, 0.05) is 12.0 Å². The topological polar surface area (TPSA) is 60.2 Å². The predicted octanol–water partition coefficient (Wildman–Crippen LogP) is 2.43. The standard InChI is InChI=1S/C15H18FN3O2/c1-20-13-5-4-11(8-12(13)16)15-18-14(19-21-15)7-10-3-2-6-17-9-10/h4-5,8,10,17H,2-3,6-7,9H2,1H3. The fourth-order valence-electron chi connectivity index (χ4n) is 2.61. The average Bonchev–Trinajstić information content (AvgIpc) is 2.97. The molecule has 1 unspecified atom stereocenters. The van der Waals surface area contributed by atoms with E-state index >= 15 is 0 Å². The molecule has 0 aliphatic carbocycles. The van der Waals surface area contributed by atoms with Gasteiger partial charge < -0.3 is 14.6 Å². The summed E-state index contributed by atoms with van der Waals surface area (Å²) < 4.78 is 23.8. The molecule has 21 heavy (non-hydrogen) atoms. The lowest BCUT2D eigenvalue weighted by Gasteiger charge is -2.20. The van der Waals surface area contributed by atoms with Crippen molar-refractivity contribution in [2.24, 2.45) is 5.92 Å². The van der Waals surface area contributed by atoms with E-state index in [4.69, 9.17) is 9.26 Å². The van der Waals surface area contributed by atoms with Gasteiger partial charge >= 0.3 is 0 Å². The van der Waals surface area contributed by atoms with Crippen LogP contribution < -0.4 is 10.1 Å². The normalized spacial score (nSPS) is 18.7. The first-order valence-electron chi connectivity index (χ1n) is 7.13. The summed E-state index contributed by atoms with van der Waals surface area (Å²) in [5, 5.41) is 7.36. The number of aromatic nitrogens is 2. The van der Waals surface area contributed by atoms with Crippen LogP contribution in [0.2, 0.25) is 0 Å². The Hall–Kier alpha value is -1.95. The quantitative estimate of drug-likeness (QED) is 0.937. The van der Waals surface area contributed by atoms with Crippen molar-refractivity contribution in [2.45, 2.75) is 19.3 Å². The molecule has 2 heterocycles. The molecule has 1 atom stereocenters. The Morgan fingerprint density at radius 1 is 1.48 bits per heavy atom. The Labute approximate surface area is 122 Å². The van der Waals surface area contributed by atoms with Crippen molar-refractivity contribution in [3.8, 4) is 17.2 Å². The van der Waals surface area contributed by atoms with Crippen LogP contribution in [0.3, 0.4) is 0 Å². The number of nitrogens with zero attached hydrogens (tertiary/aromatic N) is 2. The van der Waals surface area contributed by atoms with Crippen molar-refractivity contribution in [2.75, 3.05) is 20.2 Å². The summed E-state index contributed by atoms with van der Waals surface area (Å²) in [7, 11) is 1.43. The van der Waals surface area contributed by atoms with Gasteiger partial charge in [-0.3, -0.25) is 0 Å². The van der Waals surface area contributed by atoms with E-state index in [0.29, 0.717) is 23.2 Å². The summed E-state index contributed by atoms with van der Waals surface area (Å²) in [4.78, 5) is 4.36. The highest BCUT2D eigenvalue weighted by Crippen LogP contribution is 2.25. The van der Waals surface area contributed by atoms with Crippen molar-refractivity contribution >= 4 is 0 Å². The van der Waals surface area contributed by atoms with Crippen molar-refractivity contribution < 1.29 is 13.7 Å². The first kappa shape index (κ1) is 14.0. The van der Waals surface area contributed by atoms with Crippen LogP contribution in [0.4, 0.5) is 4.39 Å². The van der Waals surface area contributed by atoms with Crippen molar-refractivity contribution in [1.29, 1.82) is 0 Å². The van der Waals surface area contributed by atoms with Gasteiger partial charge in [0.05, 0.1) is 7.11 Å². The lowest BCUT2D eigenvalue weighted by Crippen LogP contribution is -2.31. The maximum atomic E-state index is 13.7. The van der Waals surface area contributed by atoms with Gasteiger partial charge in [0.2, 0.25) is 0 Å². The summed E-state index contributed by atoms with van der Waals surface area (Å²) in [5.74, 6) is 1.32. The maximum Gasteiger partial charge on any atom is 0.258 e. The van der Waals surface area contributed by atoms with Gasteiger partial charge in [0.15, 0.2) is 17.4 Å². The highest BCUT2D eigenvalue weighted by atomic mass is 19.1. The molecule has 0 bridgehead atoms. The summed E-state index contributed by atoms with van der Waals surface area (Å²) in [6, 6.07) is 4.61. The molecule has 1 saturated heterocycles. The molecule has 2 aromatic rings. The minimum Gasteiger partial charge on any atom is -0.494 e. The van der Waals surface area contributed by atoms with Crippen molar-refractivity contribution in [3.63, 3.8) is 0 Å². The van der Waals surface area contributed by atoms with Crippen LogP contribution in [0, 0.1) is 11.7 Å². The zero-order valence-electron chi connectivity index (χ0n) is 11.9. The summed E-state index contributed by atoms with van der Waals surface area (Å²) in [5.41, 5.74) is 0.564. The fraction of sp³-hybridized carbons (Fsp3) is 0.467. The second kappa shape index (κ2) is 6.22. The van der Waals surface area contributed by atoms with E-state index in [0.717, 1.165) is 19.5 Å². The Morgan fingerprint density at radius 2 is 2.38 bits per heavy atom. The zero-order valence-corrected chi connectivity index (χ0v) is 11.9. The third-order valence-corrected chi connectivity index (χ3v) is 3.74. The van der Waals surface area contributed by atoms with Gasteiger partial charge in [-0.2, -0.15) is 4.98 Å². The minimum absolute atomic E-state index is 0.201. The van der Waals surface area contributed by atoms with Crippen LogP contribution in [0.25, 0.3) is 11.5 Å². The van der Waals surface area contributed by atoms with Crippen molar-refractivity contribution in [3.05, 3.63) is 29.8 Å². The predicted molar refractivity (Wildman–Crippen MR) is 75.5 cm³/mol. The highest BCUT2D eigenvalue weighted by Gasteiger charge is 2.18. The Kier molecular flexibility index (Phi) is 4.15. The monoisotopic (exact) mass is 291 g/mol. The van der Waals surface area contributed by atoms with E-state index in [2.05, 4.69) is 15.5 Å². The molecule has 0 amide bonds. The van der Waals surface area contributed by atoms with Crippen LogP contribution in [-0.2, 0) is 6.42 Å². The summed E-state index contributed by atoms with van der Waals surface area (Å²) in [6.07, 6.45) is 3.14. The second-order valence-corrected chi connectivity index (χ2v) is 5.28. The van der Waals surface area contributed by atoms with Gasteiger partial charge in [0.25, 0.3) is 5.89 Å². The number of rotatable bonds is 4. The molecule has 1 fully saturated rings. The zero-order chi connectivity index (χ0) is 14.7. The first-order valence-corrected chi connectivity index (χ1v) is 7.13. The molecule has 0 radical (unpaired) electrons. The van der Waals surface area contributed by atoms with E-state index < -0.39 is 5.82 Å². The molecular weight excluding hydrogens is 273 g/mol. The third-order valence-electron chi connectivity index (χ3n) is 3.74. The SMILES string of the molecule is COc1ccc(-c2nc(CC3CCCNC3)no2)cc1F. The molecule has 0 saturated carbocycles. The number of hydrogen-bond acceptors (Lipinski definition) is 5. The average molecular weight is 291 g/mol. The van der Waals surface area contributed by atoms with Crippen LogP contribution in [0.1, 0.15) is 18.7 Å². The molecule has 1 aromatic heterocycles. The van der Waals surface area contributed by atoms with Crippen LogP contribution in [0.15, 0.2) is 22.7 Å². The van der Waals surface area contributed by atoms with E-state index in [9.17, 15) is 4.39 Å². The molecule has 1 aromatic carbocycles. The number of piperidine rings is 1. The van der Waals surface area contributed by atoms with Crippen molar-refractivity contribution in [1.82, 2.24) is 15.5 Å². The van der Waals surface area contributed by atoms with Gasteiger partial charge in [-0.25, -0.2) is 4.39 Å². The minimum atomic E-state index is -0.439. The molecular formula is C15H18FN3O2. The molecule has 5 nitrogen and oxygen atoms in total. The van der Waals surface area contributed by atoms with E-state index in [1.807, 2.05) is 0 Å². The van der Waals surface area contributed by atoms with Gasteiger partial charge in [0.1, 0.15) is 0 Å². The molecule has 1 N–H and O–H groups in total. The second-order valence-electron chi connectivity index (χ2n) is 5.28. The van der Waals surface area contributed by atoms with E-state index in [1.165, 1.54) is 26.0 Å². The van der Waals surface area contributed by atoms with Crippen LogP contribution >= 0.6 is 0 Å². The summed E-state index contributed by atoms with van der Waals surface area (Å²) >= 11 is 0. The molecule has 1 aliphatic rings. The number of hydrogen-bond donors (Lipinski definition) is 1. The first-order chi connectivity index (χ1) is 10.3. The largest absolute Gasteiger partial charge is 0.494 e. The van der Waals surface area contributed by atoms with Gasteiger partial charge in [-0.05, 0) is 50.0 Å². The molecule has 0 spiro atoms. The lowest BCUT2D eigenvalue weighted by molar-refractivity contribution is 0.359. The number of methoxy groups -OCH3 is 1. The Balaban J connectivity index is 1.73. The maximum absolute atomic E-state index is 13.7. The number of benzene rings is 1. The fourth-order valence-corrected chi connectivity index (χ4v) is 2.61. The summed E-state index contributed by atoms with van der Waals surface area (Å²) in [6.45, 7) is 2.07. The molecule has 3 rings (SSSR count). The van der Waals surface area contributed by atoms with Crippen LogP contribution in [-0.4, -0.2) is 30.3 Å². The van der Waals surface area contributed by atoms with Gasteiger partial charge in [-0.15, -0.1) is 0 Å².